The van der Waals surface area contributed by atoms with Gasteiger partial charge in [0, 0.05) is 12.8 Å². The van der Waals surface area contributed by atoms with Gasteiger partial charge in [-0.2, -0.15) is 0 Å². The Morgan fingerprint density at radius 3 is 1.64 bits per heavy atom. The quantitative estimate of drug-likeness (QED) is 0.296. The molecule has 2 aromatic carbocycles. The average Bonchev–Trinajstić information content (AvgIpc) is 2.75. The number of rotatable bonds is 11. The van der Waals surface area contributed by atoms with Crippen LogP contribution in [-0.4, -0.2) is 51.2 Å². The summed E-state index contributed by atoms with van der Waals surface area (Å²) >= 11 is 0. The summed E-state index contributed by atoms with van der Waals surface area (Å²) in [5, 5.41) is 33.6. The second-order valence-corrected chi connectivity index (χ2v) is 8.44. The molecule has 2 rings (SSSR count). The lowest BCUT2D eigenvalue weighted by atomic mass is 10.0. The van der Waals surface area contributed by atoms with E-state index in [-0.39, 0.29) is 30.3 Å². The van der Waals surface area contributed by atoms with Crippen molar-refractivity contribution in [3.63, 3.8) is 0 Å². The zero-order valence-corrected chi connectivity index (χ0v) is 18.7. The normalized spacial score (nSPS) is 13.7. The molecule has 2 amide bonds. The first kappa shape index (κ1) is 25.7. The van der Waals surface area contributed by atoms with Crippen LogP contribution in [0, 0.1) is 5.92 Å². The summed E-state index contributed by atoms with van der Waals surface area (Å²) in [5.41, 5.74) is 7.23. The lowest BCUT2D eigenvalue weighted by molar-refractivity contribution is -0.142. The topological polar surface area (TPSA) is 162 Å². The fourth-order valence-corrected chi connectivity index (χ4v) is 3.31. The van der Waals surface area contributed by atoms with Gasteiger partial charge in [-0.25, -0.2) is 4.79 Å². The second kappa shape index (κ2) is 11.9. The molecule has 0 aliphatic carbocycles. The van der Waals surface area contributed by atoms with Gasteiger partial charge in [-0.3, -0.25) is 9.59 Å². The number of carboxylic acid groups (broad SMARTS) is 1. The van der Waals surface area contributed by atoms with Crippen LogP contribution < -0.4 is 16.4 Å². The van der Waals surface area contributed by atoms with E-state index in [0.29, 0.717) is 17.5 Å². The number of phenols is 2. The van der Waals surface area contributed by atoms with Gasteiger partial charge in [0.2, 0.25) is 11.8 Å². The third-order valence-electron chi connectivity index (χ3n) is 5.06. The van der Waals surface area contributed by atoms with Gasteiger partial charge in [0.15, 0.2) is 0 Å². The number of carbonyl (C=O) groups excluding carboxylic acids is 2. The Labute approximate surface area is 192 Å². The summed E-state index contributed by atoms with van der Waals surface area (Å²) in [7, 11) is 0. The Morgan fingerprint density at radius 1 is 0.788 bits per heavy atom. The molecule has 9 heteroatoms. The molecule has 7 N–H and O–H groups in total. The maximum Gasteiger partial charge on any atom is 0.326 e. The summed E-state index contributed by atoms with van der Waals surface area (Å²) in [4.78, 5) is 37.4. The molecule has 33 heavy (non-hydrogen) atoms. The number of nitrogens with two attached hydrogens (primary N) is 1. The molecule has 2 aromatic rings. The van der Waals surface area contributed by atoms with Crippen LogP contribution in [0.4, 0.5) is 0 Å². The highest BCUT2D eigenvalue weighted by Crippen LogP contribution is 2.14. The number of aliphatic carboxylic acids is 1. The Balaban J connectivity index is 2.18. The van der Waals surface area contributed by atoms with Gasteiger partial charge in [0.25, 0.3) is 0 Å². The molecule has 0 radical (unpaired) electrons. The Hall–Kier alpha value is -3.59. The molecule has 3 unspecified atom stereocenters. The maximum absolute atomic E-state index is 13.0. The van der Waals surface area contributed by atoms with Gasteiger partial charge in [-0.05, 0) is 47.7 Å². The molecule has 0 spiro atoms. The summed E-state index contributed by atoms with van der Waals surface area (Å²) in [6, 6.07) is 9.01. The van der Waals surface area contributed by atoms with Crippen LogP contribution in [0.1, 0.15) is 31.4 Å². The number of hydrogen-bond acceptors (Lipinski definition) is 6. The minimum absolute atomic E-state index is 0.00586. The van der Waals surface area contributed by atoms with E-state index < -0.39 is 35.9 Å². The molecular formula is C24H31N3O6. The van der Waals surface area contributed by atoms with Crippen molar-refractivity contribution >= 4 is 17.8 Å². The number of phenolic OH excluding ortho intramolecular Hbond substituents is 2. The second-order valence-electron chi connectivity index (χ2n) is 8.44. The van der Waals surface area contributed by atoms with Gasteiger partial charge in [0.1, 0.15) is 23.6 Å². The molecule has 0 aliphatic rings. The van der Waals surface area contributed by atoms with Crippen molar-refractivity contribution in [3.05, 3.63) is 59.7 Å². The van der Waals surface area contributed by atoms with Gasteiger partial charge in [-0.1, -0.05) is 38.1 Å². The predicted octanol–water partition coefficient (Wildman–Crippen LogP) is 1.31. The van der Waals surface area contributed by atoms with E-state index in [0.717, 1.165) is 0 Å². The fraction of sp³-hybridized carbons (Fsp3) is 0.375. The molecule has 178 valence electrons. The molecular weight excluding hydrogens is 426 g/mol. The summed E-state index contributed by atoms with van der Waals surface area (Å²) < 4.78 is 0. The van der Waals surface area contributed by atoms with Crippen LogP contribution in [0.25, 0.3) is 0 Å². The van der Waals surface area contributed by atoms with Crippen molar-refractivity contribution in [1.82, 2.24) is 10.6 Å². The zero-order chi connectivity index (χ0) is 24.5. The van der Waals surface area contributed by atoms with Crippen molar-refractivity contribution in [2.45, 2.75) is 51.2 Å². The standard InChI is InChI=1S/C24H31N3O6/c1-14(2)11-19(25)22(30)26-20(12-15-3-7-17(28)8-4-15)23(31)27-21(24(32)33)13-16-5-9-18(29)10-6-16/h3-10,14,19-21,28-29H,11-13,25H2,1-2H3,(H,26,30)(H,27,31)(H,32,33). The molecule has 0 saturated heterocycles. The van der Waals surface area contributed by atoms with Crippen LogP contribution in [-0.2, 0) is 27.2 Å². The smallest absolute Gasteiger partial charge is 0.326 e. The van der Waals surface area contributed by atoms with Gasteiger partial charge in [0.05, 0.1) is 6.04 Å². The highest BCUT2D eigenvalue weighted by atomic mass is 16.4. The van der Waals surface area contributed by atoms with E-state index >= 15 is 0 Å². The Kier molecular flexibility index (Phi) is 9.23. The van der Waals surface area contributed by atoms with Crippen LogP contribution in [0.5, 0.6) is 11.5 Å². The molecule has 0 bridgehead atoms. The van der Waals surface area contributed by atoms with E-state index in [9.17, 15) is 29.7 Å². The fourth-order valence-electron chi connectivity index (χ4n) is 3.31. The van der Waals surface area contributed by atoms with Crippen molar-refractivity contribution in [2.75, 3.05) is 0 Å². The molecule has 0 aromatic heterocycles. The largest absolute Gasteiger partial charge is 0.508 e. The minimum atomic E-state index is -1.24. The molecule has 0 aliphatic heterocycles. The van der Waals surface area contributed by atoms with Crippen LogP contribution in [0.3, 0.4) is 0 Å². The van der Waals surface area contributed by atoms with Gasteiger partial charge >= 0.3 is 5.97 Å². The van der Waals surface area contributed by atoms with Crippen LogP contribution >= 0.6 is 0 Å². The molecule has 0 heterocycles. The molecule has 0 fully saturated rings. The van der Waals surface area contributed by atoms with Gasteiger partial charge in [-0.15, -0.1) is 0 Å². The number of amides is 2. The van der Waals surface area contributed by atoms with Crippen LogP contribution in [0.2, 0.25) is 0 Å². The Morgan fingerprint density at radius 2 is 1.21 bits per heavy atom. The number of benzene rings is 2. The van der Waals surface area contributed by atoms with E-state index in [4.69, 9.17) is 5.73 Å². The van der Waals surface area contributed by atoms with E-state index in [1.165, 1.54) is 24.3 Å². The first-order valence-electron chi connectivity index (χ1n) is 10.7. The number of nitrogens with one attached hydrogen (secondary N) is 2. The third kappa shape index (κ3) is 8.46. The third-order valence-corrected chi connectivity index (χ3v) is 5.06. The highest BCUT2D eigenvalue weighted by molar-refractivity contribution is 5.92. The lowest BCUT2D eigenvalue weighted by Gasteiger charge is -2.23. The predicted molar refractivity (Wildman–Crippen MR) is 123 cm³/mol. The van der Waals surface area contributed by atoms with Crippen molar-refractivity contribution in [2.24, 2.45) is 11.7 Å². The lowest BCUT2D eigenvalue weighted by Crippen LogP contribution is -2.55. The number of carboxylic acids is 1. The first-order valence-corrected chi connectivity index (χ1v) is 10.7. The monoisotopic (exact) mass is 457 g/mol. The average molecular weight is 458 g/mol. The number of aromatic hydroxyl groups is 2. The summed E-state index contributed by atoms with van der Waals surface area (Å²) in [6.45, 7) is 3.85. The van der Waals surface area contributed by atoms with E-state index in [1.807, 2.05) is 13.8 Å². The maximum atomic E-state index is 13.0. The molecule has 0 saturated carbocycles. The number of hydrogen-bond donors (Lipinski definition) is 6. The van der Waals surface area contributed by atoms with Crippen molar-refractivity contribution in [3.8, 4) is 11.5 Å². The summed E-state index contributed by atoms with van der Waals surface area (Å²) in [5.74, 6) is -2.13. The highest BCUT2D eigenvalue weighted by Gasteiger charge is 2.28. The first-order chi connectivity index (χ1) is 15.5. The van der Waals surface area contributed by atoms with Crippen molar-refractivity contribution < 1.29 is 29.7 Å². The van der Waals surface area contributed by atoms with Crippen LogP contribution in [0.15, 0.2) is 48.5 Å². The number of carbonyl (C=O) groups is 3. The summed E-state index contributed by atoms with van der Waals surface area (Å²) in [6.07, 6.45) is 0.504. The van der Waals surface area contributed by atoms with Gasteiger partial charge < -0.3 is 31.7 Å². The SMILES string of the molecule is CC(C)CC(N)C(=O)NC(Cc1ccc(O)cc1)C(=O)NC(Cc1ccc(O)cc1)C(=O)O. The van der Waals surface area contributed by atoms with Crippen molar-refractivity contribution in [1.29, 1.82) is 0 Å². The Bertz CT molecular complexity index is 944. The molecule has 9 nitrogen and oxygen atoms in total. The van der Waals surface area contributed by atoms with E-state index in [1.54, 1.807) is 24.3 Å². The van der Waals surface area contributed by atoms with E-state index in [2.05, 4.69) is 10.6 Å². The zero-order valence-electron chi connectivity index (χ0n) is 18.7. The minimum Gasteiger partial charge on any atom is -0.508 e. The molecule has 3 atom stereocenters.